The summed E-state index contributed by atoms with van der Waals surface area (Å²) in [6.07, 6.45) is 4.36. The Morgan fingerprint density at radius 1 is 0.950 bits per heavy atom. The number of rotatable bonds is 8. The molecule has 2 heterocycles. The Kier molecular flexibility index (Phi) is 9.01. The summed E-state index contributed by atoms with van der Waals surface area (Å²) in [7, 11) is 0. The Hall–Kier alpha value is -3.03. The van der Waals surface area contributed by atoms with Gasteiger partial charge in [-0.3, -0.25) is 9.80 Å². The molecule has 2 aliphatic rings. The van der Waals surface area contributed by atoms with Gasteiger partial charge in [0, 0.05) is 31.7 Å². The van der Waals surface area contributed by atoms with Crippen LogP contribution in [0.1, 0.15) is 79.1 Å². The van der Waals surface area contributed by atoms with E-state index in [-0.39, 0.29) is 6.04 Å². The van der Waals surface area contributed by atoms with Gasteiger partial charge in [-0.2, -0.15) is 0 Å². The van der Waals surface area contributed by atoms with Crippen molar-refractivity contribution in [3.8, 4) is 5.75 Å². The molecule has 0 saturated carbocycles. The van der Waals surface area contributed by atoms with Crippen molar-refractivity contribution in [1.29, 1.82) is 0 Å². The van der Waals surface area contributed by atoms with Crippen LogP contribution in [0.15, 0.2) is 78.9 Å². The molecule has 212 valence electrons. The average molecular weight is 543 g/mol. The lowest BCUT2D eigenvalue weighted by molar-refractivity contribution is -0.0501. The summed E-state index contributed by atoms with van der Waals surface area (Å²) in [6.45, 7) is 7.75. The number of carbonyl (C=O) groups is 1. The van der Waals surface area contributed by atoms with E-state index >= 15 is 0 Å². The molecule has 0 aromatic heterocycles. The summed E-state index contributed by atoms with van der Waals surface area (Å²) >= 11 is 0. The SMILES string of the molecule is CC([C@@H](O)c1ccc(OC(=O)c2ccc(CN3CCCC[C@@H]3C)cc2)cc1)N1CCC(O)(c2ccccc2)CC1. The number of hydrogen-bond donors (Lipinski definition) is 2. The third-order valence-corrected chi connectivity index (χ3v) is 8.92. The first-order valence-corrected chi connectivity index (χ1v) is 14.7. The zero-order valence-corrected chi connectivity index (χ0v) is 23.7. The van der Waals surface area contributed by atoms with E-state index in [9.17, 15) is 15.0 Å². The molecule has 0 radical (unpaired) electrons. The Morgan fingerprint density at radius 2 is 1.62 bits per heavy atom. The first-order chi connectivity index (χ1) is 19.3. The lowest BCUT2D eigenvalue weighted by atomic mass is 9.83. The molecule has 2 N–H and O–H groups in total. The summed E-state index contributed by atoms with van der Waals surface area (Å²) in [6, 6.07) is 25.1. The highest BCUT2D eigenvalue weighted by Crippen LogP contribution is 2.35. The van der Waals surface area contributed by atoms with Gasteiger partial charge in [0.15, 0.2) is 0 Å². The second-order valence-electron chi connectivity index (χ2n) is 11.6. The molecule has 0 spiro atoms. The van der Waals surface area contributed by atoms with Gasteiger partial charge in [0.25, 0.3) is 0 Å². The topological polar surface area (TPSA) is 73.2 Å². The van der Waals surface area contributed by atoms with Crippen LogP contribution in [0.5, 0.6) is 5.75 Å². The first kappa shape index (κ1) is 28.5. The molecule has 1 unspecified atom stereocenters. The highest BCUT2D eigenvalue weighted by Gasteiger charge is 2.36. The molecule has 40 heavy (non-hydrogen) atoms. The minimum Gasteiger partial charge on any atom is -0.423 e. The quantitative estimate of drug-likeness (QED) is 0.282. The highest BCUT2D eigenvalue weighted by atomic mass is 16.5. The molecule has 3 aromatic rings. The van der Waals surface area contributed by atoms with Gasteiger partial charge in [-0.05, 0) is 87.0 Å². The van der Waals surface area contributed by atoms with E-state index in [1.54, 1.807) is 12.1 Å². The lowest BCUT2D eigenvalue weighted by Gasteiger charge is -2.42. The number of benzene rings is 3. The zero-order valence-electron chi connectivity index (χ0n) is 23.7. The van der Waals surface area contributed by atoms with Gasteiger partial charge in [0.1, 0.15) is 5.75 Å². The van der Waals surface area contributed by atoms with Crippen molar-refractivity contribution in [3.05, 3.63) is 101 Å². The van der Waals surface area contributed by atoms with Crippen LogP contribution in [0.25, 0.3) is 0 Å². The molecule has 6 nitrogen and oxygen atoms in total. The van der Waals surface area contributed by atoms with Crippen molar-refractivity contribution in [1.82, 2.24) is 9.80 Å². The van der Waals surface area contributed by atoms with Crippen LogP contribution in [0.3, 0.4) is 0 Å². The average Bonchev–Trinajstić information content (AvgIpc) is 2.99. The van der Waals surface area contributed by atoms with Gasteiger partial charge in [-0.15, -0.1) is 0 Å². The smallest absolute Gasteiger partial charge is 0.343 e. The number of likely N-dealkylation sites (tertiary alicyclic amines) is 2. The van der Waals surface area contributed by atoms with Crippen molar-refractivity contribution in [2.45, 2.75) is 76.3 Å². The number of aliphatic hydroxyl groups excluding tert-OH is 1. The molecular weight excluding hydrogens is 500 g/mol. The van der Waals surface area contributed by atoms with Crippen LogP contribution < -0.4 is 4.74 Å². The Morgan fingerprint density at radius 3 is 2.27 bits per heavy atom. The molecule has 2 saturated heterocycles. The molecule has 5 rings (SSSR count). The number of esters is 1. The molecule has 0 aliphatic carbocycles. The van der Waals surface area contributed by atoms with Gasteiger partial charge in [0.2, 0.25) is 0 Å². The fraction of sp³-hybridized carbons (Fsp3) is 0.441. The zero-order chi connectivity index (χ0) is 28.1. The Bertz CT molecular complexity index is 1240. The van der Waals surface area contributed by atoms with Crippen molar-refractivity contribution in [2.75, 3.05) is 19.6 Å². The van der Waals surface area contributed by atoms with Crippen LogP contribution in [0.4, 0.5) is 0 Å². The van der Waals surface area contributed by atoms with E-state index in [4.69, 9.17) is 4.74 Å². The molecule has 0 bridgehead atoms. The maximum absolute atomic E-state index is 12.7. The van der Waals surface area contributed by atoms with Gasteiger partial charge in [-0.1, -0.05) is 61.0 Å². The molecule has 3 atom stereocenters. The monoisotopic (exact) mass is 542 g/mol. The second-order valence-corrected chi connectivity index (χ2v) is 11.6. The molecule has 2 aliphatic heterocycles. The van der Waals surface area contributed by atoms with E-state index < -0.39 is 17.7 Å². The Labute approximate surface area is 238 Å². The minimum absolute atomic E-state index is 0.111. The van der Waals surface area contributed by atoms with Crippen LogP contribution in [0.2, 0.25) is 0 Å². The van der Waals surface area contributed by atoms with Crippen molar-refractivity contribution < 1.29 is 19.7 Å². The van der Waals surface area contributed by atoms with Gasteiger partial charge >= 0.3 is 5.97 Å². The van der Waals surface area contributed by atoms with Gasteiger partial charge in [-0.25, -0.2) is 4.79 Å². The largest absolute Gasteiger partial charge is 0.423 e. The minimum atomic E-state index is -0.819. The normalized spacial score (nSPS) is 21.4. The molecule has 6 heteroatoms. The van der Waals surface area contributed by atoms with Crippen molar-refractivity contribution in [2.24, 2.45) is 0 Å². The number of carbonyl (C=O) groups excluding carboxylic acids is 1. The summed E-state index contributed by atoms with van der Waals surface area (Å²) in [4.78, 5) is 17.5. The maximum atomic E-state index is 12.7. The summed E-state index contributed by atoms with van der Waals surface area (Å²) in [5.41, 5.74) is 2.63. The van der Waals surface area contributed by atoms with Gasteiger partial charge in [0.05, 0.1) is 17.3 Å². The third-order valence-electron chi connectivity index (χ3n) is 8.92. The number of piperidine rings is 2. The number of ether oxygens (including phenoxy) is 1. The van der Waals surface area contributed by atoms with E-state index in [0.29, 0.717) is 43.3 Å². The molecule has 3 aromatic carbocycles. The lowest BCUT2D eigenvalue weighted by Crippen LogP contribution is -2.47. The predicted octanol–water partition coefficient (Wildman–Crippen LogP) is 5.69. The standard InChI is InChI=1S/C34H42N2O4/c1-25-8-6-7-21-36(25)24-27-11-13-29(14-12-27)33(38)40-31-17-15-28(16-18-31)32(37)26(2)35-22-19-34(39,20-23-35)30-9-4-3-5-10-30/h3-5,9-18,25-26,32,37,39H,6-8,19-24H2,1-2H3/t25-,26?,32+/m0/s1. The van der Waals surface area contributed by atoms with Crippen LogP contribution >= 0.6 is 0 Å². The van der Waals surface area contributed by atoms with Crippen molar-refractivity contribution in [3.63, 3.8) is 0 Å². The van der Waals surface area contributed by atoms with Crippen LogP contribution in [-0.2, 0) is 12.1 Å². The van der Waals surface area contributed by atoms with Gasteiger partial charge < -0.3 is 14.9 Å². The van der Waals surface area contributed by atoms with E-state index in [1.807, 2.05) is 73.7 Å². The van der Waals surface area contributed by atoms with Crippen molar-refractivity contribution >= 4 is 5.97 Å². The van der Waals surface area contributed by atoms with Crippen LogP contribution in [-0.4, -0.2) is 57.7 Å². The molecular formula is C34H42N2O4. The third kappa shape index (κ3) is 6.64. The van der Waals surface area contributed by atoms with E-state index in [1.165, 1.54) is 24.8 Å². The predicted molar refractivity (Wildman–Crippen MR) is 157 cm³/mol. The van der Waals surface area contributed by atoms with E-state index in [0.717, 1.165) is 24.2 Å². The first-order valence-electron chi connectivity index (χ1n) is 14.7. The fourth-order valence-electron chi connectivity index (χ4n) is 6.09. The fourth-order valence-corrected chi connectivity index (χ4v) is 6.09. The molecule has 2 fully saturated rings. The highest BCUT2D eigenvalue weighted by molar-refractivity contribution is 5.91. The summed E-state index contributed by atoms with van der Waals surface area (Å²) in [5, 5.41) is 22.2. The summed E-state index contributed by atoms with van der Waals surface area (Å²) < 4.78 is 5.61. The Balaban J connectivity index is 1.13. The maximum Gasteiger partial charge on any atom is 0.343 e. The second kappa shape index (κ2) is 12.6. The number of nitrogens with zero attached hydrogens (tertiary/aromatic N) is 2. The number of hydrogen-bond acceptors (Lipinski definition) is 6. The summed E-state index contributed by atoms with van der Waals surface area (Å²) in [5.74, 6) is 0.0597. The molecule has 0 amide bonds. The van der Waals surface area contributed by atoms with Crippen LogP contribution in [0, 0.1) is 0 Å². The number of aliphatic hydroxyl groups is 2. The van der Waals surface area contributed by atoms with E-state index in [2.05, 4.69) is 16.7 Å².